The first-order valence-corrected chi connectivity index (χ1v) is 6.21. The predicted octanol–water partition coefficient (Wildman–Crippen LogP) is 1.50. The summed E-state index contributed by atoms with van der Waals surface area (Å²) >= 11 is 0. The van der Waals surface area contributed by atoms with Gasteiger partial charge in [-0.3, -0.25) is 0 Å². The fourth-order valence-corrected chi connectivity index (χ4v) is 1.79. The molecule has 2 N–H and O–H groups in total. The molecule has 1 atom stereocenters. The zero-order valence-corrected chi connectivity index (χ0v) is 11.4. The van der Waals surface area contributed by atoms with Gasteiger partial charge < -0.3 is 19.9 Å². The van der Waals surface area contributed by atoms with Crippen LogP contribution in [0.3, 0.4) is 0 Å². The summed E-state index contributed by atoms with van der Waals surface area (Å²) in [5.74, 6) is 0.380. The van der Waals surface area contributed by atoms with Crippen molar-refractivity contribution in [2.24, 2.45) is 0 Å². The van der Waals surface area contributed by atoms with Crippen LogP contribution in [0.15, 0.2) is 37.1 Å². The number of amides is 2. The molecule has 0 spiro atoms. The zero-order valence-electron chi connectivity index (χ0n) is 11.4. The number of carbonyl (C=O) groups excluding carboxylic acids is 1. The minimum absolute atomic E-state index is 0.0353. The number of urea groups is 1. The largest absolute Gasteiger partial charge is 0.480 e. The molecule has 2 aromatic rings. The maximum atomic E-state index is 11.9. The quantitative estimate of drug-likeness (QED) is 0.866. The molecule has 0 aliphatic heterocycles. The van der Waals surface area contributed by atoms with Crippen LogP contribution in [0.1, 0.15) is 6.92 Å². The molecule has 1 unspecified atom stereocenters. The predicted molar refractivity (Wildman–Crippen MR) is 74.6 cm³/mol. The number of rotatable bonds is 5. The molecule has 0 saturated heterocycles. The van der Waals surface area contributed by atoms with E-state index >= 15 is 0 Å². The summed E-state index contributed by atoms with van der Waals surface area (Å²) in [5, 5.41) is 5.55. The normalized spacial score (nSPS) is 11.7. The van der Waals surface area contributed by atoms with Crippen molar-refractivity contribution >= 4 is 11.7 Å². The van der Waals surface area contributed by atoms with Crippen molar-refractivity contribution in [2.45, 2.75) is 19.5 Å². The molecular weight excluding hydrogens is 258 g/mol. The van der Waals surface area contributed by atoms with E-state index in [9.17, 15) is 4.79 Å². The fourth-order valence-electron chi connectivity index (χ4n) is 1.79. The SMILES string of the molecule is COc1ncccc1NC(=O)NC(C)Cn1ccnc1. The van der Waals surface area contributed by atoms with E-state index in [1.807, 2.05) is 17.7 Å². The molecule has 2 rings (SSSR count). The molecule has 2 amide bonds. The van der Waals surface area contributed by atoms with E-state index in [2.05, 4.69) is 20.6 Å². The van der Waals surface area contributed by atoms with Gasteiger partial charge in [-0.1, -0.05) is 0 Å². The van der Waals surface area contributed by atoms with Gasteiger partial charge in [0.2, 0.25) is 5.88 Å². The lowest BCUT2D eigenvalue weighted by molar-refractivity contribution is 0.248. The Hall–Kier alpha value is -2.57. The summed E-state index contributed by atoms with van der Waals surface area (Å²) in [5.41, 5.74) is 0.530. The summed E-state index contributed by atoms with van der Waals surface area (Å²) in [4.78, 5) is 19.9. The van der Waals surface area contributed by atoms with Crippen LogP contribution in [-0.4, -0.2) is 33.7 Å². The Bertz CT molecular complexity index is 556. The molecule has 0 aromatic carbocycles. The number of hydrogen-bond acceptors (Lipinski definition) is 4. The van der Waals surface area contributed by atoms with E-state index in [0.29, 0.717) is 18.1 Å². The van der Waals surface area contributed by atoms with Gasteiger partial charge in [-0.15, -0.1) is 0 Å². The first-order valence-electron chi connectivity index (χ1n) is 6.21. The lowest BCUT2D eigenvalue weighted by atomic mass is 10.3. The van der Waals surface area contributed by atoms with Crippen LogP contribution < -0.4 is 15.4 Å². The van der Waals surface area contributed by atoms with Crippen molar-refractivity contribution in [1.29, 1.82) is 0 Å². The summed E-state index contributed by atoms with van der Waals surface area (Å²) in [6.07, 6.45) is 6.86. The highest BCUT2D eigenvalue weighted by Crippen LogP contribution is 2.19. The van der Waals surface area contributed by atoms with Crippen LogP contribution in [0.4, 0.5) is 10.5 Å². The second kappa shape index (κ2) is 6.55. The molecule has 2 aromatic heterocycles. The lowest BCUT2D eigenvalue weighted by Crippen LogP contribution is -2.38. The number of ether oxygens (including phenoxy) is 1. The molecule has 7 heteroatoms. The third-order valence-corrected chi connectivity index (χ3v) is 2.63. The highest BCUT2D eigenvalue weighted by atomic mass is 16.5. The van der Waals surface area contributed by atoms with Gasteiger partial charge in [-0.05, 0) is 19.1 Å². The van der Waals surface area contributed by atoms with Gasteiger partial charge in [0.25, 0.3) is 0 Å². The standard InChI is InChI=1S/C13H17N5O2/c1-10(8-18-7-6-14-9-18)16-13(19)17-11-4-3-5-15-12(11)20-2/h3-7,9-10H,8H2,1-2H3,(H2,16,17,19). The van der Waals surface area contributed by atoms with Crippen molar-refractivity contribution in [2.75, 3.05) is 12.4 Å². The molecule has 20 heavy (non-hydrogen) atoms. The summed E-state index contributed by atoms with van der Waals surface area (Å²) in [7, 11) is 1.51. The Kier molecular flexibility index (Phi) is 4.54. The Labute approximate surface area is 117 Å². The van der Waals surface area contributed by atoms with Crippen LogP contribution in [0.5, 0.6) is 5.88 Å². The minimum Gasteiger partial charge on any atom is -0.480 e. The van der Waals surface area contributed by atoms with Gasteiger partial charge in [-0.25, -0.2) is 14.8 Å². The Morgan fingerprint density at radius 3 is 3.05 bits per heavy atom. The molecule has 0 saturated carbocycles. The summed E-state index contributed by atoms with van der Waals surface area (Å²) in [6, 6.07) is 3.12. The van der Waals surface area contributed by atoms with E-state index in [-0.39, 0.29) is 12.1 Å². The fraction of sp³-hybridized carbons (Fsp3) is 0.308. The van der Waals surface area contributed by atoms with Crippen LogP contribution in [0.2, 0.25) is 0 Å². The Balaban J connectivity index is 1.88. The molecular formula is C13H17N5O2. The monoisotopic (exact) mass is 275 g/mol. The van der Waals surface area contributed by atoms with Crippen molar-refractivity contribution in [1.82, 2.24) is 19.9 Å². The molecule has 106 valence electrons. The molecule has 0 radical (unpaired) electrons. The van der Waals surface area contributed by atoms with Crippen LogP contribution in [-0.2, 0) is 6.54 Å². The van der Waals surface area contributed by atoms with Crippen molar-refractivity contribution in [3.63, 3.8) is 0 Å². The maximum Gasteiger partial charge on any atom is 0.319 e. The third kappa shape index (κ3) is 3.71. The van der Waals surface area contributed by atoms with Gasteiger partial charge in [0.1, 0.15) is 5.69 Å². The van der Waals surface area contributed by atoms with E-state index < -0.39 is 0 Å². The van der Waals surface area contributed by atoms with E-state index in [1.165, 1.54) is 7.11 Å². The van der Waals surface area contributed by atoms with E-state index in [0.717, 1.165) is 0 Å². The maximum absolute atomic E-state index is 11.9. The van der Waals surface area contributed by atoms with E-state index in [1.54, 1.807) is 30.9 Å². The second-order valence-electron chi connectivity index (χ2n) is 4.32. The first-order chi connectivity index (χ1) is 9.69. The minimum atomic E-state index is -0.302. The topological polar surface area (TPSA) is 81.1 Å². The first kappa shape index (κ1) is 13.9. The van der Waals surface area contributed by atoms with Gasteiger partial charge in [0, 0.05) is 31.2 Å². The molecule has 0 aliphatic carbocycles. The van der Waals surface area contributed by atoms with Gasteiger partial charge in [0.05, 0.1) is 13.4 Å². The molecule has 0 aliphatic rings. The van der Waals surface area contributed by atoms with Gasteiger partial charge >= 0.3 is 6.03 Å². The van der Waals surface area contributed by atoms with Crippen LogP contribution >= 0.6 is 0 Å². The van der Waals surface area contributed by atoms with Crippen LogP contribution in [0.25, 0.3) is 0 Å². The second-order valence-corrected chi connectivity index (χ2v) is 4.32. The van der Waals surface area contributed by atoms with Crippen molar-refractivity contribution in [3.8, 4) is 5.88 Å². The van der Waals surface area contributed by atoms with Gasteiger partial charge in [-0.2, -0.15) is 0 Å². The number of nitrogens with one attached hydrogen (secondary N) is 2. The van der Waals surface area contributed by atoms with Gasteiger partial charge in [0.15, 0.2) is 0 Å². The highest BCUT2D eigenvalue weighted by molar-refractivity contribution is 5.90. The number of methoxy groups -OCH3 is 1. The molecule has 0 bridgehead atoms. The number of pyridine rings is 1. The van der Waals surface area contributed by atoms with E-state index in [4.69, 9.17) is 4.74 Å². The molecule has 7 nitrogen and oxygen atoms in total. The number of anilines is 1. The average molecular weight is 275 g/mol. The third-order valence-electron chi connectivity index (χ3n) is 2.63. The number of aromatic nitrogens is 3. The van der Waals surface area contributed by atoms with Crippen molar-refractivity contribution in [3.05, 3.63) is 37.1 Å². The molecule has 0 fully saturated rings. The van der Waals surface area contributed by atoms with Crippen molar-refractivity contribution < 1.29 is 9.53 Å². The Morgan fingerprint density at radius 2 is 2.35 bits per heavy atom. The Morgan fingerprint density at radius 1 is 1.50 bits per heavy atom. The lowest BCUT2D eigenvalue weighted by Gasteiger charge is -2.15. The molecule has 2 heterocycles. The highest BCUT2D eigenvalue weighted by Gasteiger charge is 2.10. The van der Waals surface area contributed by atoms with Crippen LogP contribution in [0, 0.1) is 0 Å². The smallest absolute Gasteiger partial charge is 0.319 e. The number of hydrogen-bond donors (Lipinski definition) is 2. The number of carbonyl (C=O) groups is 1. The number of imidazole rings is 1. The summed E-state index contributed by atoms with van der Waals surface area (Å²) in [6.45, 7) is 2.57. The average Bonchev–Trinajstić information content (AvgIpc) is 2.91. The summed E-state index contributed by atoms with van der Waals surface area (Å²) < 4.78 is 6.97. The number of nitrogens with zero attached hydrogens (tertiary/aromatic N) is 3. The zero-order chi connectivity index (χ0) is 14.4.